The molecule has 1 N–H and O–H groups in total. The zero-order chi connectivity index (χ0) is 6.99. The van der Waals surface area contributed by atoms with Crippen molar-refractivity contribution in [2.45, 2.75) is 33.3 Å². The lowest BCUT2D eigenvalue weighted by molar-refractivity contribution is 0.191. The van der Waals surface area contributed by atoms with Gasteiger partial charge in [0.05, 0.1) is 6.10 Å². The lowest BCUT2D eigenvalue weighted by atomic mass is 10.3. The Morgan fingerprint density at radius 3 is 1.88 bits per heavy atom. The topological polar surface area (TPSA) is 20.2 Å². The molecule has 1 nitrogen and oxygen atoms in total. The molecule has 1 heteroatoms. The van der Waals surface area contributed by atoms with E-state index in [1.54, 1.807) is 13.0 Å². The summed E-state index contributed by atoms with van der Waals surface area (Å²) in [7, 11) is 0. The minimum absolute atomic E-state index is 0.116. The van der Waals surface area contributed by atoms with Gasteiger partial charge in [-0.1, -0.05) is 13.0 Å². The Labute approximate surface area is 52.0 Å². The molecule has 0 aromatic rings. The van der Waals surface area contributed by atoms with E-state index in [-0.39, 0.29) is 6.10 Å². The van der Waals surface area contributed by atoms with Crippen molar-refractivity contribution >= 4 is 0 Å². The largest absolute Gasteiger partial charge is 0.393 e. The Balaban J connectivity index is 0. The quantitative estimate of drug-likeness (QED) is 0.519. The van der Waals surface area contributed by atoms with Crippen LogP contribution in [0.5, 0.6) is 0 Å². The van der Waals surface area contributed by atoms with E-state index >= 15 is 0 Å². The van der Waals surface area contributed by atoms with Crippen molar-refractivity contribution in [1.29, 1.82) is 0 Å². The second-order valence-electron chi connectivity index (χ2n) is 1.67. The van der Waals surface area contributed by atoms with Gasteiger partial charge in [0.2, 0.25) is 0 Å². The maximum absolute atomic E-state index is 8.36. The second-order valence-corrected chi connectivity index (χ2v) is 1.67. The third-order valence-corrected chi connectivity index (χ3v) is 0.591. The van der Waals surface area contributed by atoms with E-state index in [9.17, 15) is 0 Å². The Bertz CT molecular complexity index is 39.7. The van der Waals surface area contributed by atoms with Crippen LogP contribution in [0, 0.1) is 0 Å². The highest BCUT2D eigenvalue weighted by Crippen LogP contribution is 1.81. The number of allylic oxidation sites excluding steroid dienone is 1. The molecule has 0 aromatic heterocycles. The molecule has 0 aliphatic carbocycles. The summed E-state index contributed by atoms with van der Waals surface area (Å²) in [4.78, 5) is 0. The Morgan fingerprint density at radius 2 is 1.88 bits per heavy atom. The summed E-state index contributed by atoms with van der Waals surface area (Å²) in [5.41, 5.74) is 0. The first-order valence-corrected chi connectivity index (χ1v) is 2.94. The molecule has 0 aliphatic rings. The van der Waals surface area contributed by atoms with Crippen LogP contribution in [0.15, 0.2) is 12.7 Å². The number of hydrogen-bond acceptors (Lipinski definition) is 1. The average molecular weight is 116 g/mol. The summed E-state index contributed by atoms with van der Waals surface area (Å²) in [6, 6.07) is 0. The second kappa shape index (κ2) is 9.85. The Kier molecular flexibility index (Phi) is 13.1. The predicted molar refractivity (Wildman–Crippen MR) is 37.8 cm³/mol. The zero-order valence-corrected chi connectivity index (χ0v) is 6.02. The normalized spacial score (nSPS) is 11.0. The molecule has 0 spiro atoms. The SMILES string of the molecule is C=CC.CCC(C)O. The van der Waals surface area contributed by atoms with Gasteiger partial charge in [-0.05, 0) is 20.3 Å². The van der Waals surface area contributed by atoms with Gasteiger partial charge < -0.3 is 5.11 Å². The van der Waals surface area contributed by atoms with Gasteiger partial charge in [-0.2, -0.15) is 0 Å². The van der Waals surface area contributed by atoms with Crippen LogP contribution in [0.2, 0.25) is 0 Å². The fourth-order valence-corrected chi connectivity index (χ4v) is 0. The van der Waals surface area contributed by atoms with E-state index in [2.05, 4.69) is 6.58 Å². The molecule has 0 aromatic carbocycles. The van der Waals surface area contributed by atoms with E-state index in [1.165, 1.54) is 0 Å². The van der Waals surface area contributed by atoms with Crippen molar-refractivity contribution in [3.8, 4) is 0 Å². The monoisotopic (exact) mass is 116 g/mol. The molecule has 0 fully saturated rings. The van der Waals surface area contributed by atoms with Crippen molar-refractivity contribution in [2.75, 3.05) is 0 Å². The summed E-state index contributed by atoms with van der Waals surface area (Å²) in [5, 5.41) is 8.36. The van der Waals surface area contributed by atoms with Gasteiger partial charge in [-0.25, -0.2) is 0 Å². The third-order valence-electron chi connectivity index (χ3n) is 0.591. The van der Waals surface area contributed by atoms with Gasteiger partial charge >= 0.3 is 0 Å². The predicted octanol–water partition coefficient (Wildman–Crippen LogP) is 1.97. The van der Waals surface area contributed by atoms with Gasteiger partial charge in [0.1, 0.15) is 0 Å². The molecule has 0 saturated heterocycles. The van der Waals surface area contributed by atoms with Crippen LogP contribution >= 0.6 is 0 Å². The molecule has 0 heterocycles. The first-order valence-electron chi connectivity index (χ1n) is 2.94. The lowest BCUT2D eigenvalue weighted by Gasteiger charge is -1.90. The summed E-state index contributed by atoms with van der Waals surface area (Å²) >= 11 is 0. The van der Waals surface area contributed by atoms with Crippen molar-refractivity contribution < 1.29 is 5.11 Å². The van der Waals surface area contributed by atoms with Gasteiger partial charge in [-0.3, -0.25) is 0 Å². The van der Waals surface area contributed by atoms with Gasteiger partial charge in [0.25, 0.3) is 0 Å². The number of hydrogen-bond donors (Lipinski definition) is 1. The molecule has 1 unspecified atom stereocenters. The molecule has 1 atom stereocenters. The molecular weight excluding hydrogens is 100 g/mol. The summed E-state index contributed by atoms with van der Waals surface area (Å²) in [5.74, 6) is 0. The maximum atomic E-state index is 8.36. The summed E-state index contributed by atoms with van der Waals surface area (Å²) < 4.78 is 0. The van der Waals surface area contributed by atoms with Crippen LogP contribution in [0.25, 0.3) is 0 Å². The zero-order valence-electron chi connectivity index (χ0n) is 6.02. The molecular formula is C7H16O. The molecule has 0 amide bonds. The molecule has 0 saturated carbocycles. The molecule has 0 aliphatic heterocycles. The van der Waals surface area contributed by atoms with Crippen LogP contribution in [0.3, 0.4) is 0 Å². The lowest BCUT2D eigenvalue weighted by Crippen LogP contribution is -1.93. The standard InChI is InChI=1S/C4H10O.C3H6/c1-3-4(2)5;1-3-2/h4-5H,3H2,1-2H3;3H,1H2,2H3. The fourth-order valence-electron chi connectivity index (χ4n) is 0. The van der Waals surface area contributed by atoms with Gasteiger partial charge in [-0.15, -0.1) is 6.58 Å². The van der Waals surface area contributed by atoms with Gasteiger partial charge in [0.15, 0.2) is 0 Å². The van der Waals surface area contributed by atoms with Crippen LogP contribution in [-0.2, 0) is 0 Å². The van der Waals surface area contributed by atoms with E-state index in [4.69, 9.17) is 5.11 Å². The van der Waals surface area contributed by atoms with Crippen molar-refractivity contribution in [3.63, 3.8) is 0 Å². The molecule has 50 valence electrons. The van der Waals surface area contributed by atoms with E-state index in [0.29, 0.717) is 0 Å². The van der Waals surface area contributed by atoms with Crippen molar-refractivity contribution in [3.05, 3.63) is 12.7 Å². The first-order chi connectivity index (χ1) is 3.68. The first kappa shape index (κ1) is 10.6. The molecule has 0 rings (SSSR count). The van der Waals surface area contributed by atoms with Crippen LogP contribution < -0.4 is 0 Å². The highest BCUT2D eigenvalue weighted by molar-refractivity contribution is 4.51. The number of aliphatic hydroxyl groups excluding tert-OH is 1. The third kappa shape index (κ3) is 43.6. The van der Waals surface area contributed by atoms with E-state index in [0.717, 1.165) is 6.42 Å². The minimum atomic E-state index is -0.116. The summed E-state index contributed by atoms with van der Waals surface area (Å²) in [6.07, 6.45) is 2.50. The fraction of sp³-hybridized carbons (Fsp3) is 0.714. The maximum Gasteiger partial charge on any atom is 0.0509 e. The molecule has 0 bridgehead atoms. The highest BCUT2D eigenvalue weighted by atomic mass is 16.3. The van der Waals surface area contributed by atoms with Crippen LogP contribution in [-0.4, -0.2) is 11.2 Å². The van der Waals surface area contributed by atoms with Gasteiger partial charge in [0, 0.05) is 0 Å². The average Bonchev–Trinajstić information content (AvgIpc) is 1.69. The van der Waals surface area contributed by atoms with Crippen molar-refractivity contribution in [1.82, 2.24) is 0 Å². The van der Waals surface area contributed by atoms with E-state index in [1.807, 2.05) is 13.8 Å². The minimum Gasteiger partial charge on any atom is -0.393 e. The highest BCUT2D eigenvalue weighted by Gasteiger charge is 1.81. The Hall–Kier alpha value is -0.300. The molecule has 0 radical (unpaired) electrons. The van der Waals surface area contributed by atoms with Crippen LogP contribution in [0.4, 0.5) is 0 Å². The molecule has 8 heavy (non-hydrogen) atoms. The van der Waals surface area contributed by atoms with E-state index < -0.39 is 0 Å². The Morgan fingerprint density at radius 1 is 1.75 bits per heavy atom. The number of rotatable bonds is 1. The number of aliphatic hydroxyl groups is 1. The van der Waals surface area contributed by atoms with Crippen molar-refractivity contribution in [2.24, 2.45) is 0 Å². The smallest absolute Gasteiger partial charge is 0.0509 e. The summed E-state index contributed by atoms with van der Waals surface area (Å²) in [6.45, 7) is 8.98. The van der Waals surface area contributed by atoms with Crippen LogP contribution in [0.1, 0.15) is 27.2 Å².